The molecule has 1 aliphatic carbocycles. The molecule has 0 heterocycles. The molecule has 0 spiro atoms. The number of amides is 1. The van der Waals surface area contributed by atoms with Gasteiger partial charge in [0, 0.05) is 6.42 Å². The number of carbonyl (C=O) groups excluding carboxylic acids is 1. The molecule has 0 aromatic heterocycles. The molecule has 0 aromatic rings. The second-order valence-corrected chi connectivity index (χ2v) is 6.00. The summed E-state index contributed by atoms with van der Waals surface area (Å²) in [5.41, 5.74) is 4.54. The standard InChI is InChI=1S/C15H28N2O3/c1-3-11-5-7-15(8-6-11,14(19)20)17-13(18)9-12(4-2)10-16/h11-12H,3-10,16H2,1-2H3,(H,17,18)(H,19,20). The van der Waals surface area contributed by atoms with Crippen LogP contribution >= 0.6 is 0 Å². The minimum Gasteiger partial charge on any atom is -0.480 e. The van der Waals surface area contributed by atoms with Crippen LogP contribution in [0.3, 0.4) is 0 Å². The van der Waals surface area contributed by atoms with Gasteiger partial charge < -0.3 is 16.2 Å². The van der Waals surface area contributed by atoms with Gasteiger partial charge in [-0.25, -0.2) is 4.79 Å². The maximum Gasteiger partial charge on any atom is 0.329 e. The predicted molar refractivity (Wildman–Crippen MR) is 78.2 cm³/mol. The molecule has 0 bridgehead atoms. The van der Waals surface area contributed by atoms with Gasteiger partial charge in [-0.15, -0.1) is 0 Å². The van der Waals surface area contributed by atoms with Gasteiger partial charge in [0.1, 0.15) is 5.54 Å². The van der Waals surface area contributed by atoms with Crippen molar-refractivity contribution in [3.63, 3.8) is 0 Å². The van der Waals surface area contributed by atoms with E-state index in [9.17, 15) is 14.7 Å². The molecular weight excluding hydrogens is 256 g/mol. The van der Waals surface area contributed by atoms with Crippen molar-refractivity contribution in [2.75, 3.05) is 6.54 Å². The van der Waals surface area contributed by atoms with Gasteiger partial charge >= 0.3 is 5.97 Å². The lowest BCUT2D eigenvalue weighted by Gasteiger charge is -2.37. The summed E-state index contributed by atoms with van der Waals surface area (Å²) >= 11 is 0. The van der Waals surface area contributed by atoms with Gasteiger partial charge in [-0.3, -0.25) is 4.79 Å². The quantitative estimate of drug-likeness (QED) is 0.665. The van der Waals surface area contributed by atoms with Crippen LogP contribution in [-0.4, -0.2) is 29.1 Å². The molecule has 1 fully saturated rings. The predicted octanol–water partition coefficient (Wildman–Crippen LogP) is 1.90. The lowest BCUT2D eigenvalue weighted by atomic mass is 9.75. The van der Waals surface area contributed by atoms with Gasteiger partial charge in [-0.2, -0.15) is 0 Å². The van der Waals surface area contributed by atoms with Crippen LogP contribution in [0.5, 0.6) is 0 Å². The topological polar surface area (TPSA) is 92.4 Å². The lowest BCUT2D eigenvalue weighted by molar-refractivity contribution is -0.150. The molecule has 0 saturated heterocycles. The van der Waals surface area contributed by atoms with E-state index in [1.807, 2.05) is 6.92 Å². The summed E-state index contributed by atoms with van der Waals surface area (Å²) in [4.78, 5) is 23.7. The highest BCUT2D eigenvalue weighted by atomic mass is 16.4. The molecule has 0 radical (unpaired) electrons. The van der Waals surface area contributed by atoms with E-state index in [-0.39, 0.29) is 11.8 Å². The molecule has 20 heavy (non-hydrogen) atoms. The lowest BCUT2D eigenvalue weighted by Crippen LogP contribution is -2.56. The van der Waals surface area contributed by atoms with Gasteiger partial charge in [0.05, 0.1) is 0 Å². The summed E-state index contributed by atoms with van der Waals surface area (Å²) in [6, 6.07) is 0. The first-order chi connectivity index (χ1) is 9.47. The third kappa shape index (κ3) is 4.20. The first kappa shape index (κ1) is 17.0. The molecule has 1 saturated carbocycles. The van der Waals surface area contributed by atoms with E-state index in [0.29, 0.717) is 31.7 Å². The van der Waals surface area contributed by atoms with Gasteiger partial charge in [0.25, 0.3) is 0 Å². The average molecular weight is 284 g/mol. The van der Waals surface area contributed by atoms with Crippen molar-refractivity contribution < 1.29 is 14.7 Å². The molecule has 0 aromatic carbocycles. The zero-order chi connectivity index (χ0) is 15.2. The van der Waals surface area contributed by atoms with Crippen molar-refractivity contribution >= 4 is 11.9 Å². The van der Waals surface area contributed by atoms with Crippen molar-refractivity contribution in [3.8, 4) is 0 Å². The molecule has 1 rings (SSSR count). The number of carbonyl (C=O) groups is 2. The maximum absolute atomic E-state index is 12.1. The summed E-state index contributed by atoms with van der Waals surface area (Å²) in [5, 5.41) is 12.3. The van der Waals surface area contributed by atoms with Crippen LogP contribution in [0.1, 0.15) is 58.8 Å². The van der Waals surface area contributed by atoms with Crippen molar-refractivity contribution in [1.82, 2.24) is 5.32 Å². The Balaban J connectivity index is 2.64. The van der Waals surface area contributed by atoms with E-state index in [4.69, 9.17) is 5.73 Å². The summed E-state index contributed by atoms with van der Waals surface area (Å²) in [5.74, 6) is -0.361. The van der Waals surface area contributed by atoms with E-state index < -0.39 is 11.5 Å². The second kappa shape index (κ2) is 7.62. The molecule has 5 heteroatoms. The zero-order valence-electron chi connectivity index (χ0n) is 12.7. The Bertz CT molecular complexity index is 332. The fraction of sp³-hybridized carbons (Fsp3) is 0.867. The fourth-order valence-corrected chi connectivity index (χ4v) is 2.95. The molecule has 1 aliphatic rings. The molecule has 1 atom stereocenters. The van der Waals surface area contributed by atoms with Crippen molar-refractivity contribution in [1.29, 1.82) is 0 Å². The zero-order valence-corrected chi connectivity index (χ0v) is 12.7. The van der Waals surface area contributed by atoms with E-state index in [0.717, 1.165) is 25.7 Å². The van der Waals surface area contributed by atoms with Crippen LogP contribution < -0.4 is 11.1 Å². The Morgan fingerprint density at radius 1 is 1.35 bits per heavy atom. The smallest absolute Gasteiger partial charge is 0.329 e. The largest absolute Gasteiger partial charge is 0.480 e. The highest BCUT2D eigenvalue weighted by Crippen LogP contribution is 2.34. The molecule has 0 aliphatic heterocycles. The maximum atomic E-state index is 12.1. The Labute approximate surface area is 121 Å². The first-order valence-electron chi connectivity index (χ1n) is 7.71. The van der Waals surface area contributed by atoms with E-state index >= 15 is 0 Å². The number of nitrogens with one attached hydrogen (secondary N) is 1. The molecule has 116 valence electrons. The number of nitrogens with two attached hydrogens (primary N) is 1. The SMILES string of the molecule is CCC1CCC(NC(=O)CC(CC)CN)(C(=O)O)CC1. The molecule has 1 unspecified atom stereocenters. The van der Waals surface area contributed by atoms with Crippen molar-refractivity contribution in [2.45, 2.75) is 64.3 Å². The van der Waals surface area contributed by atoms with Crippen molar-refractivity contribution in [2.24, 2.45) is 17.6 Å². The summed E-state index contributed by atoms with van der Waals surface area (Å²) in [6.07, 6.45) is 5.04. The third-order valence-corrected chi connectivity index (χ3v) is 4.71. The highest BCUT2D eigenvalue weighted by molar-refractivity contribution is 5.87. The summed E-state index contributed by atoms with van der Waals surface area (Å²) < 4.78 is 0. The van der Waals surface area contributed by atoms with Crippen LogP contribution in [0, 0.1) is 11.8 Å². The Kier molecular flexibility index (Phi) is 6.46. The van der Waals surface area contributed by atoms with E-state index in [1.54, 1.807) is 0 Å². The van der Waals surface area contributed by atoms with Gasteiger partial charge in [0.2, 0.25) is 5.91 Å². The van der Waals surface area contributed by atoms with Crippen LogP contribution in [-0.2, 0) is 9.59 Å². The fourth-order valence-electron chi connectivity index (χ4n) is 2.95. The number of hydrogen-bond donors (Lipinski definition) is 3. The van der Waals surface area contributed by atoms with Crippen LogP contribution in [0.4, 0.5) is 0 Å². The van der Waals surface area contributed by atoms with Crippen LogP contribution in [0.25, 0.3) is 0 Å². The second-order valence-electron chi connectivity index (χ2n) is 6.00. The van der Waals surface area contributed by atoms with Gasteiger partial charge in [0.15, 0.2) is 0 Å². The van der Waals surface area contributed by atoms with E-state index in [1.165, 1.54) is 0 Å². The Hall–Kier alpha value is -1.10. The summed E-state index contributed by atoms with van der Waals surface area (Å²) in [7, 11) is 0. The Morgan fingerprint density at radius 2 is 1.95 bits per heavy atom. The number of carboxylic acids is 1. The number of rotatable bonds is 7. The monoisotopic (exact) mass is 284 g/mol. The molecule has 5 nitrogen and oxygen atoms in total. The average Bonchev–Trinajstić information content (AvgIpc) is 2.45. The van der Waals surface area contributed by atoms with Crippen molar-refractivity contribution in [3.05, 3.63) is 0 Å². The third-order valence-electron chi connectivity index (χ3n) is 4.71. The first-order valence-corrected chi connectivity index (χ1v) is 7.71. The minimum absolute atomic E-state index is 0.132. The van der Waals surface area contributed by atoms with Gasteiger partial charge in [-0.05, 0) is 44.1 Å². The normalized spacial score (nSPS) is 27.9. The van der Waals surface area contributed by atoms with E-state index in [2.05, 4.69) is 12.2 Å². The molecule has 1 amide bonds. The number of carboxylic acid groups (broad SMARTS) is 1. The number of aliphatic carboxylic acids is 1. The Morgan fingerprint density at radius 3 is 2.35 bits per heavy atom. The van der Waals surface area contributed by atoms with Crippen LogP contribution in [0.15, 0.2) is 0 Å². The highest BCUT2D eigenvalue weighted by Gasteiger charge is 2.42. The van der Waals surface area contributed by atoms with Gasteiger partial charge in [-0.1, -0.05) is 26.7 Å². The minimum atomic E-state index is -1.06. The summed E-state index contributed by atoms with van der Waals surface area (Å²) in [6.45, 7) is 4.58. The van der Waals surface area contributed by atoms with Crippen LogP contribution in [0.2, 0.25) is 0 Å². The molecule has 4 N–H and O–H groups in total. The number of hydrogen-bond acceptors (Lipinski definition) is 3. The molecular formula is C15H28N2O3.